The largest absolute Gasteiger partial charge is 0.0988 e. The van der Waals surface area contributed by atoms with Crippen molar-refractivity contribution >= 4 is 0 Å². The first kappa shape index (κ1) is 13.3. The van der Waals surface area contributed by atoms with Crippen LogP contribution in [0.15, 0.2) is 36.5 Å². The maximum absolute atomic E-state index is 3.97. The first-order chi connectivity index (χ1) is 7.86. The standard InChI is InChI=1S/C14H20.C2H6/c1-3-11-9-10-12-7-5-6-8-14(12)13(11)4-2;1-2/h3-4,12,14H,1-2,5-10H2;1-2H3. The van der Waals surface area contributed by atoms with Gasteiger partial charge in [0.05, 0.1) is 0 Å². The zero-order valence-corrected chi connectivity index (χ0v) is 11.0. The Labute approximate surface area is 101 Å². The maximum Gasteiger partial charge on any atom is -0.0131 e. The number of hydrogen-bond donors (Lipinski definition) is 0. The van der Waals surface area contributed by atoms with E-state index in [0.717, 1.165) is 11.8 Å². The molecule has 0 heterocycles. The second-order valence-electron chi connectivity index (χ2n) is 4.58. The number of rotatable bonds is 2. The average Bonchev–Trinajstić information content (AvgIpc) is 2.39. The highest BCUT2D eigenvalue weighted by Gasteiger charge is 2.30. The molecule has 0 N–H and O–H groups in total. The van der Waals surface area contributed by atoms with Crippen molar-refractivity contribution in [1.82, 2.24) is 0 Å². The molecule has 0 saturated heterocycles. The summed E-state index contributed by atoms with van der Waals surface area (Å²) in [5.41, 5.74) is 2.97. The molecule has 2 aliphatic rings. The van der Waals surface area contributed by atoms with E-state index in [0.29, 0.717) is 0 Å². The van der Waals surface area contributed by atoms with Gasteiger partial charge in [0.1, 0.15) is 0 Å². The molecule has 2 aliphatic carbocycles. The van der Waals surface area contributed by atoms with Crippen LogP contribution in [0.3, 0.4) is 0 Å². The summed E-state index contributed by atoms with van der Waals surface area (Å²) in [7, 11) is 0. The highest BCUT2D eigenvalue weighted by molar-refractivity contribution is 5.36. The van der Waals surface area contributed by atoms with Gasteiger partial charge in [-0.3, -0.25) is 0 Å². The van der Waals surface area contributed by atoms with E-state index >= 15 is 0 Å². The molecular formula is C16H26. The van der Waals surface area contributed by atoms with E-state index in [4.69, 9.17) is 0 Å². The van der Waals surface area contributed by atoms with Crippen LogP contribution >= 0.6 is 0 Å². The minimum absolute atomic E-state index is 0.808. The topological polar surface area (TPSA) is 0 Å². The lowest BCUT2D eigenvalue weighted by atomic mass is 9.68. The van der Waals surface area contributed by atoms with Crippen LogP contribution in [0, 0.1) is 11.8 Å². The van der Waals surface area contributed by atoms with Gasteiger partial charge in [-0.05, 0) is 48.7 Å². The van der Waals surface area contributed by atoms with Gasteiger partial charge < -0.3 is 0 Å². The Hall–Kier alpha value is -0.780. The zero-order valence-electron chi connectivity index (χ0n) is 11.0. The number of fused-ring (bicyclic) bond motifs is 1. The molecule has 0 amide bonds. The van der Waals surface area contributed by atoms with Gasteiger partial charge in [0.15, 0.2) is 0 Å². The Morgan fingerprint density at radius 1 is 1.00 bits per heavy atom. The molecule has 0 spiro atoms. The molecule has 2 atom stereocenters. The first-order valence-electron chi connectivity index (χ1n) is 6.84. The van der Waals surface area contributed by atoms with Crippen LogP contribution in [0.25, 0.3) is 0 Å². The molecule has 90 valence electrons. The quantitative estimate of drug-likeness (QED) is 0.591. The van der Waals surface area contributed by atoms with E-state index in [1.165, 1.54) is 49.7 Å². The van der Waals surface area contributed by atoms with Gasteiger partial charge in [0, 0.05) is 0 Å². The van der Waals surface area contributed by atoms with Crippen molar-refractivity contribution in [1.29, 1.82) is 0 Å². The Morgan fingerprint density at radius 3 is 2.31 bits per heavy atom. The van der Waals surface area contributed by atoms with Crippen LogP contribution in [-0.2, 0) is 0 Å². The molecule has 1 fully saturated rings. The van der Waals surface area contributed by atoms with Gasteiger partial charge in [0.25, 0.3) is 0 Å². The summed E-state index contributed by atoms with van der Waals surface area (Å²) in [5, 5.41) is 0. The molecule has 0 radical (unpaired) electrons. The summed E-state index contributed by atoms with van der Waals surface area (Å²) in [6.45, 7) is 11.9. The van der Waals surface area contributed by atoms with Crippen molar-refractivity contribution < 1.29 is 0 Å². The van der Waals surface area contributed by atoms with E-state index in [9.17, 15) is 0 Å². The minimum atomic E-state index is 0.808. The summed E-state index contributed by atoms with van der Waals surface area (Å²) >= 11 is 0. The van der Waals surface area contributed by atoms with Crippen LogP contribution in [-0.4, -0.2) is 0 Å². The molecule has 16 heavy (non-hydrogen) atoms. The van der Waals surface area contributed by atoms with Crippen molar-refractivity contribution in [2.24, 2.45) is 11.8 Å². The van der Waals surface area contributed by atoms with E-state index in [1.807, 2.05) is 19.9 Å². The summed E-state index contributed by atoms with van der Waals surface area (Å²) in [6, 6.07) is 0. The molecule has 0 nitrogen and oxygen atoms in total. The molecule has 0 heteroatoms. The fourth-order valence-corrected chi connectivity index (χ4v) is 3.19. The van der Waals surface area contributed by atoms with Gasteiger partial charge in [0.2, 0.25) is 0 Å². The van der Waals surface area contributed by atoms with Gasteiger partial charge in [-0.15, -0.1) is 0 Å². The Balaban J connectivity index is 0.000000606. The van der Waals surface area contributed by atoms with E-state index in [-0.39, 0.29) is 0 Å². The normalized spacial score (nSPS) is 28.6. The van der Waals surface area contributed by atoms with Gasteiger partial charge in [-0.1, -0.05) is 52.0 Å². The molecule has 0 aromatic carbocycles. The SMILES string of the molecule is C=CC1=C(C=C)C2CCCCC2CC1.CC. The van der Waals surface area contributed by atoms with E-state index in [1.54, 1.807) is 0 Å². The predicted octanol–water partition coefficient (Wildman–Crippen LogP) is 5.28. The fourth-order valence-electron chi connectivity index (χ4n) is 3.19. The fraction of sp³-hybridized carbons (Fsp3) is 0.625. The summed E-state index contributed by atoms with van der Waals surface area (Å²) in [4.78, 5) is 0. The third-order valence-electron chi connectivity index (χ3n) is 3.93. The first-order valence-corrected chi connectivity index (χ1v) is 6.84. The van der Waals surface area contributed by atoms with Crippen molar-refractivity contribution in [3.8, 4) is 0 Å². The molecule has 2 rings (SSSR count). The zero-order chi connectivity index (χ0) is 12.0. The summed E-state index contributed by atoms with van der Waals surface area (Å²) < 4.78 is 0. The number of allylic oxidation sites excluding steroid dienone is 4. The van der Waals surface area contributed by atoms with Crippen molar-refractivity contribution in [3.05, 3.63) is 36.5 Å². The van der Waals surface area contributed by atoms with Gasteiger partial charge in [-0.2, -0.15) is 0 Å². The number of hydrogen-bond acceptors (Lipinski definition) is 0. The molecule has 1 saturated carbocycles. The smallest absolute Gasteiger partial charge is 0.0131 e. The molecule has 0 aromatic heterocycles. The summed E-state index contributed by atoms with van der Waals surface area (Å²) in [5.74, 6) is 1.75. The van der Waals surface area contributed by atoms with Gasteiger partial charge >= 0.3 is 0 Å². The maximum atomic E-state index is 3.97. The molecule has 2 unspecified atom stereocenters. The van der Waals surface area contributed by atoms with Crippen LogP contribution in [0.4, 0.5) is 0 Å². The van der Waals surface area contributed by atoms with Crippen LogP contribution in [0.1, 0.15) is 52.4 Å². The van der Waals surface area contributed by atoms with E-state index < -0.39 is 0 Å². The Bertz CT molecular complexity index is 270. The molecular weight excluding hydrogens is 192 g/mol. The highest BCUT2D eigenvalue weighted by atomic mass is 14.4. The third kappa shape index (κ3) is 2.66. The third-order valence-corrected chi connectivity index (χ3v) is 3.93. The van der Waals surface area contributed by atoms with Crippen LogP contribution in [0.2, 0.25) is 0 Å². The second kappa shape index (κ2) is 6.73. The lowest BCUT2D eigenvalue weighted by Gasteiger charge is -2.37. The lowest BCUT2D eigenvalue weighted by molar-refractivity contribution is 0.247. The molecule has 0 aliphatic heterocycles. The van der Waals surface area contributed by atoms with Crippen LogP contribution < -0.4 is 0 Å². The Kier molecular flexibility index (Phi) is 5.59. The van der Waals surface area contributed by atoms with Crippen molar-refractivity contribution in [2.45, 2.75) is 52.4 Å². The summed E-state index contributed by atoms with van der Waals surface area (Å²) in [6.07, 6.45) is 12.4. The second-order valence-corrected chi connectivity index (χ2v) is 4.58. The molecule has 0 aromatic rings. The average molecular weight is 218 g/mol. The predicted molar refractivity (Wildman–Crippen MR) is 73.5 cm³/mol. The highest BCUT2D eigenvalue weighted by Crippen LogP contribution is 2.44. The Morgan fingerprint density at radius 2 is 1.69 bits per heavy atom. The van der Waals surface area contributed by atoms with Crippen molar-refractivity contribution in [3.63, 3.8) is 0 Å². The van der Waals surface area contributed by atoms with Crippen LogP contribution in [0.5, 0.6) is 0 Å². The van der Waals surface area contributed by atoms with Gasteiger partial charge in [-0.25, -0.2) is 0 Å². The van der Waals surface area contributed by atoms with E-state index in [2.05, 4.69) is 19.2 Å². The molecule has 0 bridgehead atoms. The minimum Gasteiger partial charge on any atom is -0.0988 e. The monoisotopic (exact) mass is 218 g/mol. The lowest BCUT2D eigenvalue weighted by Crippen LogP contribution is -2.25. The van der Waals surface area contributed by atoms with Crippen molar-refractivity contribution in [2.75, 3.05) is 0 Å².